The Morgan fingerprint density at radius 2 is 1.72 bits per heavy atom. The van der Waals surface area contributed by atoms with Gasteiger partial charge in [0.05, 0.1) is 0 Å². The van der Waals surface area contributed by atoms with Gasteiger partial charge in [-0.05, 0) is 34.7 Å². The monoisotopic (exact) mass is 386 g/mol. The number of carbonyl (C=O) groups is 1. The molecule has 29 heavy (non-hydrogen) atoms. The Bertz CT molecular complexity index is 963. The molecule has 2 unspecified atom stereocenters. The van der Waals surface area contributed by atoms with E-state index in [1.807, 2.05) is 11.8 Å². The van der Waals surface area contributed by atoms with Crippen LogP contribution in [0.25, 0.3) is 10.8 Å². The van der Waals surface area contributed by atoms with E-state index in [4.69, 9.17) is 0 Å². The first-order valence-corrected chi connectivity index (χ1v) is 10.7. The number of likely N-dealkylation sites (tertiary alicyclic amines) is 1. The van der Waals surface area contributed by atoms with Crippen LogP contribution in [0.15, 0.2) is 72.8 Å². The lowest BCUT2D eigenvalue weighted by Crippen LogP contribution is -2.31. The van der Waals surface area contributed by atoms with Gasteiger partial charge in [-0.1, -0.05) is 79.7 Å². The zero-order chi connectivity index (χ0) is 20.2. The fraction of sp³-hybridized carbons (Fsp3) is 0.346. The second-order valence-electron chi connectivity index (χ2n) is 8.13. The Morgan fingerprint density at radius 3 is 2.52 bits per heavy atom. The highest BCUT2D eigenvalue weighted by Crippen LogP contribution is 2.33. The molecule has 0 saturated carbocycles. The molecular formula is C26H30N2O. The van der Waals surface area contributed by atoms with E-state index in [2.05, 4.69) is 85.0 Å². The maximum Gasteiger partial charge on any atom is 0.222 e. The first-order valence-electron chi connectivity index (χ1n) is 10.7. The molecule has 1 saturated heterocycles. The maximum atomic E-state index is 12.3. The highest BCUT2D eigenvalue weighted by molar-refractivity contribution is 5.86. The summed E-state index contributed by atoms with van der Waals surface area (Å²) in [7, 11) is 0. The van der Waals surface area contributed by atoms with Gasteiger partial charge in [0.25, 0.3) is 0 Å². The van der Waals surface area contributed by atoms with Gasteiger partial charge in [0, 0.05) is 38.0 Å². The van der Waals surface area contributed by atoms with Gasteiger partial charge in [0.1, 0.15) is 0 Å². The van der Waals surface area contributed by atoms with Crippen molar-refractivity contribution in [2.45, 2.75) is 32.2 Å². The molecule has 3 aromatic rings. The van der Waals surface area contributed by atoms with Gasteiger partial charge >= 0.3 is 0 Å². The fourth-order valence-electron chi connectivity index (χ4n) is 4.65. The topological polar surface area (TPSA) is 32.3 Å². The quantitative estimate of drug-likeness (QED) is 0.636. The summed E-state index contributed by atoms with van der Waals surface area (Å²) in [4.78, 5) is 14.4. The molecule has 4 rings (SSSR count). The van der Waals surface area contributed by atoms with E-state index in [-0.39, 0.29) is 11.9 Å². The van der Waals surface area contributed by atoms with Crippen molar-refractivity contribution in [3.63, 3.8) is 0 Å². The van der Waals surface area contributed by atoms with Crippen molar-refractivity contribution in [3.8, 4) is 0 Å². The number of hydrogen-bond acceptors (Lipinski definition) is 2. The second-order valence-corrected chi connectivity index (χ2v) is 8.13. The third-order valence-corrected chi connectivity index (χ3v) is 6.30. The van der Waals surface area contributed by atoms with Crippen LogP contribution in [0.4, 0.5) is 0 Å². The molecule has 3 heteroatoms. The predicted molar refractivity (Wildman–Crippen MR) is 120 cm³/mol. The van der Waals surface area contributed by atoms with Gasteiger partial charge in [-0.2, -0.15) is 0 Å². The van der Waals surface area contributed by atoms with Crippen LogP contribution in [0.2, 0.25) is 0 Å². The molecule has 3 atom stereocenters. The molecule has 0 aliphatic carbocycles. The number of carbonyl (C=O) groups excluding carboxylic acids is 1. The first kappa shape index (κ1) is 19.7. The van der Waals surface area contributed by atoms with Crippen molar-refractivity contribution < 1.29 is 4.79 Å². The smallest absolute Gasteiger partial charge is 0.222 e. The fourth-order valence-corrected chi connectivity index (χ4v) is 4.65. The van der Waals surface area contributed by atoms with Crippen molar-refractivity contribution in [3.05, 3.63) is 83.9 Å². The first-order chi connectivity index (χ1) is 14.2. The summed E-state index contributed by atoms with van der Waals surface area (Å²) in [5.74, 6) is 1.07. The molecule has 1 amide bonds. The molecule has 1 heterocycles. The van der Waals surface area contributed by atoms with Crippen molar-refractivity contribution in [2.24, 2.45) is 5.92 Å². The summed E-state index contributed by atoms with van der Waals surface area (Å²) < 4.78 is 0. The molecule has 3 nitrogen and oxygen atoms in total. The highest BCUT2D eigenvalue weighted by atomic mass is 16.2. The van der Waals surface area contributed by atoms with Crippen LogP contribution in [0.1, 0.15) is 43.4 Å². The number of rotatable bonds is 6. The van der Waals surface area contributed by atoms with E-state index in [0.717, 1.165) is 19.6 Å². The van der Waals surface area contributed by atoms with Crippen LogP contribution in [0.5, 0.6) is 0 Å². The van der Waals surface area contributed by atoms with Gasteiger partial charge in [0.2, 0.25) is 5.91 Å². The summed E-state index contributed by atoms with van der Waals surface area (Å²) in [6, 6.07) is 26.0. The molecule has 0 bridgehead atoms. The lowest BCUT2D eigenvalue weighted by atomic mass is 9.88. The Kier molecular flexibility index (Phi) is 5.96. The minimum absolute atomic E-state index is 0.258. The predicted octanol–water partition coefficient (Wildman–Crippen LogP) is 5.14. The average Bonchev–Trinajstić information content (AvgIpc) is 3.21. The van der Waals surface area contributed by atoms with E-state index in [9.17, 15) is 4.79 Å². The molecule has 1 aliphatic rings. The third-order valence-electron chi connectivity index (χ3n) is 6.30. The SMILES string of the molecule is CCC(=O)N1CC(CN[C@H](C)c2cccc3ccccc23)C(c2ccccc2)C1. The minimum Gasteiger partial charge on any atom is -0.342 e. The summed E-state index contributed by atoms with van der Waals surface area (Å²) in [6.07, 6.45) is 0.577. The van der Waals surface area contributed by atoms with Gasteiger partial charge in [0.15, 0.2) is 0 Å². The van der Waals surface area contributed by atoms with Crippen molar-refractivity contribution in [1.82, 2.24) is 10.2 Å². The van der Waals surface area contributed by atoms with Gasteiger partial charge < -0.3 is 10.2 Å². The van der Waals surface area contributed by atoms with Gasteiger partial charge in [-0.15, -0.1) is 0 Å². The summed E-state index contributed by atoms with van der Waals surface area (Å²) in [5.41, 5.74) is 2.67. The number of benzene rings is 3. The summed E-state index contributed by atoms with van der Waals surface area (Å²) in [5, 5.41) is 6.36. The van der Waals surface area contributed by atoms with Crippen LogP contribution >= 0.6 is 0 Å². The summed E-state index contributed by atoms with van der Waals surface area (Å²) in [6.45, 7) is 6.75. The van der Waals surface area contributed by atoms with Crippen LogP contribution in [0.3, 0.4) is 0 Å². The lowest BCUT2D eigenvalue weighted by molar-refractivity contribution is -0.129. The molecule has 1 N–H and O–H groups in total. The summed E-state index contributed by atoms with van der Waals surface area (Å²) >= 11 is 0. The van der Waals surface area contributed by atoms with E-state index in [0.29, 0.717) is 18.3 Å². The van der Waals surface area contributed by atoms with Crippen molar-refractivity contribution in [1.29, 1.82) is 0 Å². The number of nitrogens with zero attached hydrogens (tertiary/aromatic N) is 1. The van der Waals surface area contributed by atoms with E-state index >= 15 is 0 Å². The van der Waals surface area contributed by atoms with Gasteiger partial charge in [-0.25, -0.2) is 0 Å². The molecule has 1 aliphatic heterocycles. The zero-order valence-electron chi connectivity index (χ0n) is 17.3. The molecule has 1 fully saturated rings. The van der Waals surface area contributed by atoms with Crippen LogP contribution < -0.4 is 5.32 Å². The van der Waals surface area contributed by atoms with Crippen LogP contribution in [0, 0.1) is 5.92 Å². The number of nitrogens with one attached hydrogen (secondary N) is 1. The van der Waals surface area contributed by atoms with Crippen molar-refractivity contribution >= 4 is 16.7 Å². The Morgan fingerprint density at radius 1 is 1.00 bits per heavy atom. The molecule has 0 radical (unpaired) electrons. The molecular weight excluding hydrogens is 356 g/mol. The number of hydrogen-bond donors (Lipinski definition) is 1. The average molecular weight is 387 g/mol. The lowest BCUT2D eigenvalue weighted by Gasteiger charge is -2.23. The molecule has 3 aromatic carbocycles. The number of amides is 1. The van der Waals surface area contributed by atoms with E-state index < -0.39 is 0 Å². The van der Waals surface area contributed by atoms with E-state index in [1.54, 1.807) is 0 Å². The standard InChI is InChI=1S/C26H30N2O/c1-3-26(29)28-17-22(25(18-28)21-10-5-4-6-11-21)16-27-19(2)23-15-9-13-20-12-7-8-14-24(20)23/h4-15,19,22,25,27H,3,16-18H2,1-2H3/t19-,22?,25?/m1/s1. The normalized spacial score (nSPS) is 20.1. The minimum atomic E-state index is 0.258. The van der Waals surface area contributed by atoms with E-state index in [1.165, 1.54) is 21.9 Å². The Labute approximate surface area is 173 Å². The zero-order valence-corrected chi connectivity index (χ0v) is 17.3. The van der Waals surface area contributed by atoms with Crippen LogP contribution in [-0.2, 0) is 4.79 Å². The highest BCUT2D eigenvalue weighted by Gasteiger charge is 2.35. The number of fused-ring (bicyclic) bond motifs is 1. The van der Waals surface area contributed by atoms with Crippen LogP contribution in [-0.4, -0.2) is 30.4 Å². The van der Waals surface area contributed by atoms with Crippen molar-refractivity contribution in [2.75, 3.05) is 19.6 Å². The molecule has 0 aromatic heterocycles. The Balaban J connectivity index is 1.51. The largest absolute Gasteiger partial charge is 0.342 e. The maximum absolute atomic E-state index is 12.3. The third kappa shape index (κ3) is 4.20. The Hall–Kier alpha value is -2.65. The molecule has 150 valence electrons. The second kappa shape index (κ2) is 8.79. The van der Waals surface area contributed by atoms with Gasteiger partial charge in [-0.3, -0.25) is 4.79 Å². The molecule has 0 spiro atoms.